The lowest BCUT2D eigenvalue weighted by molar-refractivity contribution is -0.123. The Balaban J connectivity index is 1.37. The molecular weight excluding hydrogens is 392 g/mol. The molecular formula is C21H18N2O5S. The normalized spacial score (nSPS) is 13.0. The van der Waals surface area contributed by atoms with Crippen LogP contribution in [0.25, 0.3) is 10.6 Å². The summed E-state index contributed by atoms with van der Waals surface area (Å²) in [7, 11) is 0. The van der Waals surface area contributed by atoms with Gasteiger partial charge in [0.25, 0.3) is 5.91 Å². The molecule has 1 N–H and O–H groups in total. The Morgan fingerprint density at radius 1 is 1.14 bits per heavy atom. The highest BCUT2D eigenvalue weighted by molar-refractivity contribution is 7.13. The predicted octanol–water partition coefficient (Wildman–Crippen LogP) is 4.03. The second kappa shape index (κ2) is 7.92. The summed E-state index contributed by atoms with van der Waals surface area (Å²) in [5.74, 6) is 0.0769. The van der Waals surface area contributed by atoms with Crippen molar-refractivity contribution in [3.8, 4) is 22.1 Å². The molecule has 1 aliphatic heterocycles. The van der Waals surface area contributed by atoms with E-state index in [1.807, 2.05) is 31.2 Å². The van der Waals surface area contributed by atoms with Gasteiger partial charge in [-0.25, -0.2) is 9.78 Å². The maximum atomic E-state index is 12.4. The Bertz CT molecular complexity index is 1060. The van der Waals surface area contributed by atoms with Crippen LogP contribution in [0, 0.1) is 6.92 Å². The van der Waals surface area contributed by atoms with Crippen molar-refractivity contribution in [2.24, 2.45) is 0 Å². The zero-order valence-corrected chi connectivity index (χ0v) is 16.6. The largest absolute Gasteiger partial charge is 0.454 e. The van der Waals surface area contributed by atoms with Crippen LogP contribution in [0.3, 0.4) is 0 Å². The topological polar surface area (TPSA) is 86.8 Å². The van der Waals surface area contributed by atoms with E-state index in [9.17, 15) is 9.59 Å². The Hall–Kier alpha value is -3.39. The van der Waals surface area contributed by atoms with E-state index in [1.165, 1.54) is 18.3 Å². The molecule has 0 bridgehead atoms. The van der Waals surface area contributed by atoms with E-state index in [-0.39, 0.29) is 12.5 Å². The van der Waals surface area contributed by atoms with E-state index in [0.29, 0.717) is 17.2 Å². The quantitative estimate of drug-likeness (QED) is 0.639. The molecule has 1 amide bonds. The van der Waals surface area contributed by atoms with Crippen LogP contribution in [0.5, 0.6) is 11.5 Å². The molecule has 1 atom stereocenters. The smallest absolute Gasteiger partial charge is 0.358 e. The number of fused-ring (bicyclic) bond motifs is 1. The minimum Gasteiger partial charge on any atom is -0.454 e. The highest BCUT2D eigenvalue weighted by Crippen LogP contribution is 2.34. The standard InChI is InChI=1S/C21H18N2O5S/c1-12-3-5-14(6-4-12)20-23-16(10-29-20)21(25)28-13(2)19(24)22-15-7-8-17-18(9-15)27-11-26-17/h3-10,13H,11H2,1-2H3,(H,22,24). The Kier molecular flexibility index (Phi) is 5.18. The predicted molar refractivity (Wildman–Crippen MR) is 108 cm³/mol. The number of nitrogens with zero attached hydrogens (tertiary/aromatic N) is 1. The molecule has 7 nitrogen and oxygen atoms in total. The minimum absolute atomic E-state index is 0.152. The van der Waals surface area contributed by atoms with Crippen molar-refractivity contribution in [3.05, 3.63) is 59.1 Å². The van der Waals surface area contributed by atoms with Gasteiger partial charge in [0.1, 0.15) is 5.01 Å². The van der Waals surface area contributed by atoms with Crippen LogP contribution in [-0.4, -0.2) is 29.8 Å². The van der Waals surface area contributed by atoms with E-state index < -0.39 is 18.0 Å². The van der Waals surface area contributed by atoms with Crippen LogP contribution in [0.15, 0.2) is 47.8 Å². The van der Waals surface area contributed by atoms with Crippen LogP contribution in [-0.2, 0) is 9.53 Å². The molecule has 2 aromatic carbocycles. The minimum atomic E-state index is -0.988. The number of aryl methyl sites for hydroxylation is 1. The van der Waals surface area contributed by atoms with E-state index in [4.69, 9.17) is 14.2 Å². The number of carbonyl (C=O) groups excluding carboxylic acids is 2. The molecule has 0 fully saturated rings. The maximum absolute atomic E-state index is 12.4. The molecule has 1 unspecified atom stereocenters. The number of carbonyl (C=O) groups is 2. The number of anilines is 1. The van der Waals surface area contributed by atoms with Crippen LogP contribution in [0.1, 0.15) is 23.0 Å². The van der Waals surface area contributed by atoms with Crippen molar-refractivity contribution in [1.29, 1.82) is 0 Å². The van der Waals surface area contributed by atoms with Gasteiger partial charge in [0.15, 0.2) is 23.3 Å². The number of rotatable bonds is 5. The van der Waals surface area contributed by atoms with Gasteiger partial charge in [-0.2, -0.15) is 0 Å². The van der Waals surface area contributed by atoms with Gasteiger partial charge in [-0.15, -0.1) is 11.3 Å². The molecule has 0 saturated heterocycles. The van der Waals surface area contributed by atoms with E-state index in [0.717, 1.165) is 16.1 Å². The van der Waals surface area contributed by atoms with Gasteiger partial charge in [0.2, 0.25) is 6.79 Å². The molecule has 1 aromatic heterocycles. The van der Waals surface area contributed by atoms with Crippen molar-refractivity contribution in [3.63, 3.8) is 0 Å². The zero-order chi connectivity index (χ0) is 20.4. The zero-order valence-electron chi connectivity index (χ0n) is 15.8. The van der Waals surface area contributed by atoms with Gasteiger partial charge < -0.3 is 19.5 Å². The van der Waals surface area contributed by atoms with Gasteiger partial charge in [-0.1, -0.05) is 29.8 Å². The summed E-state index contributed by atoms with van der Waals surface area (Å²) in [6.45, 7) is 3.66. The third kappa shape index (κ3) is 4.22. The third-order valence-electron chi connectivity index (χ3n) is 4.30. The van der Waals surface area contributed by atoms with Crippen LogP contribution in [0.4, 0.5) is 5.69 Å². The summed E-state index contributed by atoms with van der Waals surface area (Å²) in [5, 5.41) is 5.04. The molecule has 148 valence electrons. The van der Waals surface area contributed by atoms with Gasteiger partial charge in [0, 0.05) is 22.7 Å². The summed E-state index contributed by atoms with van der Waals surface area (Å²) in [4.78, 5) is 29.1. The fourth-order valence-electron chi connectivity index (χ4n) is 2.69. The fourth-order valence-corrected chi connectivity index (χ4v) is 3.48. The van der Waals surface area contributed by atoms with Gasteiger partial charge in [0.05, 0.1) is 0 Å². The molecule has 1 aliphatic rings. The van der Waals surface area contributed by atoms with Crippen molar-refractivity contribution in [2.75, 3.05) is 12.1 Å². The lowest BCUT2D eigenvalue weighted by atomic mass is 10.2. The summed E-state index contributed by atoms with van der Waals surface area (Å²) in [5.41, 5.74) is 2.77. The monoisotopic (exact) mass is 410 g/mol. The number of amides is 1. The van der Waals surface area contributed by atoms with Gasteiger partial charge in [-0.3, -0.25) is 4.79 Å². The highest BCUT2D eigenvalue weighted by Gasteiger charge is 2.22. The Morgan fingerprint density at radius 2 is 1.90 bits per heavy atom. The second-order valence-corrected chi connectivity index (χ2v) is 7.37. The number of thiazole rings is 1. The number of ether oxygens (including phenoxy) is 3. The first-order chi connectivity index (χ1) is 14.0. The van der Waals surface area contributed by atoms with Crippen molar-refractivity contribution >= 4 is 28.9 Å². The molecule has 0 spiro atoms. The summed E-state index contributed by atoms with van der Waals surface area (Å²) >= 11 is 1.35. The number of hydrogen-bond acceptors (Lipinski definition) is 7. The average Bonchev–Trinajstić information content (AvgIpc) is 3.37. The number of nitrogens with one attached hydrogen (secondary N) is 1. The van der Waals surface area contributed by atoms with Crippen LogP contribution in [0.2, 0.25) is 0 Å². The van der Waals surface area contributed by atoms with Crippen molar-refractivity contribution < 1.29 is 23.8 Å². The average molecular weight is 410 g/mol. The summed E-state index contributed by atoms with van der Waals surface area (Å²) in [6.07, 6.45) is -0.988. The number of aromatic nitrogens is 1. The number of hydrogen-bond donors (Lipinski definition) is 1. The SMILES string of the molecule is Cc1ccc(-c2nc(C(=O)OC(C)C(=O)Nc3ccc4c(c3)OCO4)cs2)cc1. The fraction of sp³-hybridized carbons (Fsp3) is 0.190. The number of esters is 1. The summed E-state index contributed by atoms with van der Waals surface area (Å²) in [6, 6.07) is 12.9. The van der Waals surface area contributed by atoms with Crippen LogP contribution < -0.4 is 14.8 Å². The first kappa shape index (κ1) is 18.9. The second-order valence-electron chi connectivity index (χ2n) is 6.51. The van der Waals surface area contributed by atoms with E-state index >= 15 is 0 Å². The Labute approximate surface area is 171 Å². The first-order valence-corrected chi connectivity index (χ1v) is 9.81. The summed E-state index contributed by atoms with van der Waals surface area (Å²) < 4.78 is 15.8. The van der Waals surface area contributed by atoms with Gasteiger partial charge in [-0.05, 0) is 26.0 Å². The number of benzene rings is 2. The molecule has 0 radical (unpaired) electrons. The molecule has 2 heterocycles. The Morgan fingerprint density at radius 3 is 2.69 bits per heavy atom. The maximum Gasteiger partial charge on any atom is 0.358 e. The lowest BCUT2D eigenvalue weighted by Crippen LogP contribution is -2.30. The first-order valence-electron chi connectivity index (χ1n) is 8.93. The van der Waals surface area contributed by atoms with Crippen molar-refractivity contribution in [1.82, 2.24) is 4.98 Å². The third-order valence-corrected chi connectivity index (χ3v) is 5.20. The van der Waals surface area contributed by atoms with E-state index in [1.54, 1.807) is 23.6 Å². The molecule has 29 heavy (non-hydrogen) atoms. The van der Waals surface area contributed by atoms with E-state index in [2.05, 4.69) is 10.3 Å². The molecule has 3 aromatic rings. The molecule has 4 rings (SSSR count). The molecule has 0 aliphatic carbocycles. The molecule has 0 saturated carbocycles. The van der Waals surface area contributed by atoms with Crippen LogP contribution >= 0.6 is 11.3 Å². The van der Waals surface area contributed by atoms with Crippen molar-refractivity contribution in [2.45, 2.75) is 20.0 Å². The lowest BCUT2D eigenvalue weighted by Gasteiger charge is -2.13. The highest BCUT2D eigenvalue weighted by atomic mass is 32.1. The van der Waals surface area contributed by atoms with Gasteiger partial charge >= 0.3 is 5.97 Å². The molecule has 8 heteroatoms.